The predicted octanol–water partition coefficient (Wildman–Crippen LogP) is 5.69. The van der Waals surface area contributed by atoms with Crippen molar-refractivity contribution in [3.05, 3.63) is 50.2 Å². The quantitative estimate of drug-likeness (QED) is 0.407. The van der Waals surface area contributed by atoms with Gasteiger partial charge in [-0.1, -0.05) is 58.5 Å². The van der Waals surface area contributed by atoms with Crippen molar-refractivity contribution in [2.75, 3.05) is 5.73 Å². The number of nitrogen functional groups attached to an aromatic ring is 1. The molecule has 0 saturated carbocycles. The highest BCUT2D eigenvalue weighted by Crippen LogP contribution is 2.44. The van der Waals surface area contributed by atoms with Crippen molar-refractivity contribution in [1.29, 1.82) is 0 Å². The molecule has 2 N–H and O–H groups in total. The molecule has 18 heavy (non-hydrogen) atoms. The van der Waals surface area contributed by atoms with E-state index in [0.717, 1.165) is 0 Å². The highest BCUT2D eigenvalue weighted by atomic mass is 35.5. The molecule has 1 nitrogen and oxygen atoms in total. The SMILES string of the molecule is Nc1c(F)cccc1-c1c(Cl)cc(Cl)c(Cl)c1Cl. The Bertz CT molecular complexity index is 628. The summed E-state index contributed by atoms with van der Waals surface area (Å²) < 4.78 is 13.4. The molecule has 0 spiro atoms. The number of benzene rings is 2. The van der Waals surface area contributed by atoms with Crippen molar-refractivity contribution in [1.82, 2.24) is 0 Å². The first kappa shape index (κ1) is 13.8. The normalized spacial score (nSPS) is 10.7. The van der Waals surface area contributed by atoms with Gasteiger partial charge in [0.2, 0.25) is 0 Å². The standard InChI is InChI=1S/C12H6Cl4FN/c13-6-4-7(14)10(15)11(16)9(6)5-2-1-3-8(17)12(5)18/h1-4H,18H2. The summed E-state index contributed by atoms with van der Waals surface area (Å²) in [5.74, 6) is -0.550. The Hall–Kier alpha value is -0.670. The fourth-order valence-corrected chi connectivity index (χ4v) is 2.68. The zero-order valence-corrected chi connectivity index (χ0v) is 11.8. The lowest BCUT2D eigenvalue weighted by Crippen LogP contribution is -1.95. The second kappa shape index (κ2) is 5.14. The molecule has 6 heteroatoms. The molecule has 0 radical (unpaired) electrons. The molecule has 0 aliphatic carbocycles. The molecular formula is C12H6Cl4FN. The molecule has 2 aromatic rings. The summed E-state index contributed by atoms with van der Waals surface area (Å²) in [7, 11) is 0. The van der Waals surface area contributed by atoms with Crippen molar-refractivity contribution in [2.24, 2.45) is 0 Å². The minimum atomic E-state index is -0.550. The summed E-state index contributed by atoms with van der Waals surface area (Å²) >= 11 is 23.9. The molecule has 0 amide bonds. The average molecular weight is 325 g/mol. The van der Waals surface area contributed by atoms with E-state index in [0.29, 0.717) is 11.1 Å². The van der Waals surface area contributed by atoms with E-state index >= 15 is 0 Å². The summed E-state index contributed by atoms with van der Waals surface area (Å²) in [6.07, 6.45) is 0. The van der Waals surface area contributed by atoms with Crippen molar-refractivity contribution >= 4 is 52.1 Å². The molecule has 0 heterocycles. The van der Waals surface area contributed by atoms with Gasteiger partial charge in [-0.05, 0) is 12.1 Å². The van der Waals surface area contributed by atoms with Crippen LogP contribution >= 0.6 is 46.4 Å². The third-order valence-corrected chi connectivity index (χ3v) is 4.00. The number of halogens is 5. The van der Waals surface area contributed by atoms with Crippen LogP contribution in [0.2, 0.25) is 20.1 Å². The van der Waals surface area contributed by atoms with Gasteiger partial charge in [0.1, 0.15) is 5.82 Å². The number of hydrogen-bond acceptors (Lipinski definition) is 1. The Morgan fingerprint density at radius 3 is 2.28 bits per heavy atom. The number of hydrogen-bond donors (Lipinski definition) is 1. The van der Waals surface area contributed by atoms with Crippen LogP contribution in [0.15, 0.2) is 24.3 Å². The van der Waals surface area contributed by atoms with Gasteiger partial charge in [-0.25, -0.2) is 4.39 Å². The number of rotatable bonds is 1. The van der Waals surface area contributed by atoms with Crippen LogP contribution in [0.25, 0.3) is 11.1 Å². The first-order chi connectivity index (χ1) is 8.43. The van der Waals surface area contributed by atoms with E-state index in [9.17, 15) is 4.39 Å². The molecule has 0 fully saturated rings. The number of para-hydroxylation sites is 1. The Kier molecular flexibility index (Phi) is 3.93. The van der Waals surface area contributed by atoms with Crippen molar-refractivity contribution in [3.63, 3.8) is 0 Å². The summed E-state index contributed by atoms with van der Waals surface area (Å²) in [4.78, 5) is 0. The largest absolute Gasteiger partial charge is 0.396 e. The third-order valence-electron chi connectivity index (χ3n) is 2.44. The topological polar surface area (TPSA) is 26.0 Å². The van der Waals surface area contributed by atoms with Gasteiger partial charge in [0.15, 0.2) is 0 Å². The predicted molar refractivity (Wildman–Crippen MR) is 76.3 cm³/mol. The highest BCUT2D eigenvalue weighted by molar-refractivity contribution is 6.51. The Morgan fingerprint density at radius 2 is 1.61 bits per heavy atom. The Morgan fingerprint density at radius 1 is 0.944 bits per heavy atom. The monoisotopic (exact) mass is 323 g/mol. The second-order valence-corrected chi connectivity index (χ2v) is 5.11. The maximum absolute atomic E-state index is 13.4. The van der Waals surface area contributed by atoms with E-state index in [1.807, 2.05) is 0 Å². The zero-order chi connectivity index (χ0) is 13.4. The highest BCUT2D eigenvalue weighted by Gasteiger charge is 2.18. The lowest BCUT2D eigenvalue weighted by atomic mass is 10.0. The van der Waals surface area contributed by atoms with Crippen LogP contribution in [0.5, 0.6) is 0 Å². The first-order valence-corrected chi connectivity index (χ1v) is 6.32. The van der Waals surface area contributed by atoms with Crippen LogP contribution in [-0.2, 0) is 0 Å². The second-order valence-electron chi connectivity index (χ2n) is 3.54. The third kappa shape index (κ3) is 2.26. The van der Waals surface area contributed by atoms with Gasteiger partial charge in [0, 0.05) is 11.1 Å². The minimum Gasteiger partial charge on any atom is -0.396 e. The van der Waals surface area contributed by atoms with Crippen LogP contribution in [0.1, 0.15) is 0 Å². The maximum atomic E-state index is 13.4. The van der Waals surface area contributed by atoms with Crippen LogP contribution in [0.3, 0.4) is 0 Å². The lowest BCUT2D eigenvalue weighted by molar-refractivity contribution is 0.633. The molecule has 0 saturated heterocycles. The smallest absolute Gasteiger partial charge is 0.146 e. The fourth-order valence-electron chi connectivity index (χ4n) is 1.57. The maximum Gasteiger partial charge on any atom is 0.146 e. The van der Waals surface area contributed by atoms with Crippen molar-refractivity contribution < 1.29 is 4.39 Å². The summed E-state index contributed by atoms with van der Waals surface area (Å²) in [5.41, 5.74) is 6.37. The molecule has 0 aliphatic heterocycles. The Labute approximate surface area is 123 Å². The molecule has 2 rings (SSSR count). The average Bonchev–Trinajstić information content (AvgIpc) is 2.32. The van der Waals surface area contributed by atoms with E-state index in [2.05, 4.69) is 0 Å². The fraction of sp³-hybridized carbons (Fsp3) is 0. The number of anilines is 1. The van der Waals surface area contributed by atoms with Crippen LogP contribution < -0.4 is 5.73 Å². The summed E-state index contributed by atoms with van der Waals surface area (Å²) in [6.45, 7) is 0. The van der Waals surface area contributed by atoms with Crippen molar-refractivity contribution in [3.8, 4) is 11.1 Å². The van der Waals surface area contributed by atoms with Crippen LogP contribution in [0.4, 0.5) is 10.1 Å². The summed E-state index contributed by atoms with van der Waals surface area (Å²) in [6, 6.07) is 5.81. The summed E-state index contributed by atoms with van der Waals surface area (Å²) in [5, 5.41) is 0.782. The van der Waals surface area contributed by atoms with Gasteiger partial charge in [-0.2, -0.15) is 0 Å². The van der Waals surface area contributed by atoms with Gasteiger partial charge in [0.05, 0.1) is 25.8 Å². The van der Waals surface area contributed by atoms with Gasteiger partial charge < -0.3 is 5.73 Å². The van der Waals surface area contributed by atoms with E-state index in [1.165, 1.54) is 18.2 Å². The molecule has 0 atom stereocenters. The van der Waals surface area contributed by atoms with Gasteiger partial charge in [0.25, 0.3) is 0 Å². The first-order valence-electron chi connectivity index (χ1n) is 4.80. The Balaban J connectivity index is 2.80. The zero-order valence-electron chi connectivity index (χ0n) is 8.78. The molecule has 0 bridgehead atoms. The molecule has 0 aliphatic rings. The number of nitrogens with two attached hydrogens (primary N) is 1. The van der Waals surface area contributed by atoms with E-state index in [-0.39, 0.29) is 25.8 Å². The van der Waals surface area contributed by atoms with Gasteiger partial charge in [-0.3, -0.25) is 0 Å². The van der Waals surface area contributed by atoms with E-state index in [1.54, 1.807) is 6.07 Å². The van der Waals surface area contributed by atoms with Gasteiger partial charge in [-0.15, -0.1) is 0 Å². The van der Waals surface area contributed by atoms with Gasteiger partial charge >= 0.3 is 0 Å². The van der Waals surface area contributed by atoms with Crippen LogP contribution in [-0.4, -0.2) is 0 Å². The molecule has 94 valence electrons. The molecule has 0 aromatic heterocycles. The minimum absolute atomic E-state index is 0.0420. The molecule has 2 aromatic carbocycles. The van der Waals surface area contributed by atoms with Crippen LogP contribution in [0, 0.1) is 5.82 Å². The molecular weight excluding hydrogens is 319 g/mol. The molecule has 0 unspecified atom stereocenters. The van der Waals surface area contributed by atoms with E-state index in [4.69, 9.17) is 52.1 Å². The van der Waals surface area contributed by atoms with E-state index < -0.39 is 5.82 Å². The van der Waals surface area contributed by atoms with Crippen molar-refractivity contribution in [2.45, 2.75) is 0 Å². The lowest BCUT2D eigenvalue weighted by Gasteiger charge is -2.12.